The van der Waals surface area contributed by atoms with E-state index < -0.39 is 11.5 Å². The summed E-state index contributed by atoms with van der Waals surface area (Å²) in [5.41, 5.74) is -0.138. The van der Waals surface area contributed by atoms with E-state index >= 15 is 0 Å². The Kier molecular flexibility index (Phi) is 3.41. The van der Waals surface area contributed by atoms with Gasteiger partial charge in [0.05, 0.1) is 16.0 Å². The average Bonchev–Trinajstić information content (AvgIpc) is 2.09. The molecular formula is C8H6ClF2NO3. The van der Waals surface area contributed by atoms with Crippen LogP contribution in [0.25, 0.3) is 0 Å². The van der Waals surface area contributed by atoms with E-state index in [-0.39, 0.29) is 22.0 Å². The number of nitrogens with zero attached hydrogens (tertiary/aromatic N) is 1. The molecule has 4 nitrogen and oxygen atoms in total. The highest BCUT2D eigenvalue weighted by molar-refractivity contribution is 6.31. The molecule has 15 heavy (non-hydrogen) atoms. The number of hydrogen-bond acceptors (Lipinski definition) is 3. The van der Waals surface area contributed by atoms with Crippen LogP contribution in [0.1, 0.15) is 5.56 Å². The Balaban J connectivity index is 3.17. The molecule has 0 heterocycles. The minimum atomic E-state index is -3.04. The van der Waals surface area contributed by atoms with E-state index in [1.807, 2.05) is 0 Å². The molecule has 1 aromatic rings. The summed E-state index contributed by atoms with van der Waals surface area (Å²) in [4.78, 5) is 9.81. The summed E-state index contributed by atoms with van der Waals surface area (Å²) in [6.45, 7) is -1.62. The Bertz CT molecular complexity index is 398. The molecule has 0 saturated carbocycles. The van der Waals surface area contributed by atoms with Gasteiger partial charge in [-0.25, -0.2) is 0 Å². The molecule has 0 N–H and O–H groups in total. The van der Waals surface area contributed by atoms with Crippen molar-refractivity contribution in [3.63, 3.8) is 0 Å². The van der Waals surface area contributed by atoms with Crippen molar-refractivity contribution in [1.82, 2.24) is 0 Å². The number of nitro benzene ring substituents is 1. The summed E-state index contributed by atoms with van der Waals surface area (Å²) in [6, 6.07) is 2.02. The quantitative estimate of drug-likeness (QED) is 0.599. The fourth-order valence-electron chi connectivity index (χ4n) is 1.00. The molecular weight excluding hydrogens is 232 g/mol. The number of nitro groups is 1. The van der Waals surface area contributed by atoms with Crippen LogP contribution in [0.3, 0.4) is 0 Å². The fraction of sp³-hybridized carbons (Fsp3) is 0.250. The molecule has 0 unspecified atom stereocenters. The second kappa shape index (κ2) is 4.39. The molecule has 0 saturated heterocycles. The van der Waals surface area contributed by atoms with Gasteiger partial charge in [0, 0.05) is 5.56 Å². The van der Waals surface area contributed by atoms with E-state index in [0.29, 0.717) is 0 Å². The maximum atomic E-state index is 11.9. The van der Waals surface area contributed by atoms with Crippen LogP contribution in [-0.4, -0.2) is 11.5 Å². The Hall–Kier alpha value is -1.43. The second-order valence-corrected chi connectivity index (χ2v) is 3.09. The third-order valence-electron chi connectivity index (χ3n) is 1.71. The van der Waals surface area contributed by atoms with Gasteiger partial charge in [-0.3, -0.25) is 10.1 Å². The molecule has 0 aliphatic rings. The minimum Gasteiger partial charge on any atom is -0.435 e. The fourth-order valence-corrected chi connectivity index (χ4v) is 1.21. The monoisotopic (exact) mass is 237 g/mol. The predicted octanol–water partition coefficient (Wildman–Crippen LogP) is 3.16. The van der Waals surface area contributed by atoms with Crippen LogP contribution in [0.2, 0.25) is 5.02 Å². The molecule has 1 aromatic carbocycles. The lowest BCUT2D eigenvalue weighted by Gasteiger charge is -2.06. The number of halogens is 3. The Morgan fingerprint density at radius 2 is 2.13 bits per heavy atom. The average molecular weight is 238 g/mol. The number of hydrogen-bond donors (Lipinski definition) is 0. The molecule has 0 amide bonds. The topological polar surface area (TPSA) is 52.4 Å². The third kappa shape index (κ3) is 2.76. The summed E-state index contributed by atoms with van der Waals surface area (Å²) in [7, 11) is 0. The van der Waals surface area contributed by atoms with Crippen LogP contribution < -0.4 is 4.74 Å². The smallest absolute Gasteiger partial charge is 0.387 e. The van der Waals surface area contributed by atoms with Crippen LogP contribution in [0.4, 0.5) is 14.5 Å². The molecule has 0 aromatic heterocycles. The molecule has 0 aliphatic carbocycles. The van der Waals surface area contributed by atoms with E-state index in [9.17, 15) is 18.9 Å². The van der Waals surface area contributed by atoms with Gasteiger partial charge in [0.15, 0.2) is 0 Å². The SMILES string of the molecule is Cc1c(Cl)cc(OC(F)F)cc1[N+](=O)[O-]. The van der Waals surface area contributed by atoms with Crippen molar-refractivity contribution in [3.05, 3.63) is 32.8 Å². The molecule has 0 radical (unpaired) electrons. The van der Waals surface area contributed by atoms with Gasteiger partial charge in [-0.05, 0) is 13.0 Å². The van der Waals surface area contributed by atoms with E-state index in [1.165, 1.54) is 6.92 Å². The van der Waals surface area contributed by atoms with Gasteiger partial charge in [0.25, 0.3) is 5.69 Å². The maximum Gasteiger partial charge on any atom is 0.387 e. The van der Waals surface area contributed by atoms with E-state index in [4.69, 9.17) is 11.6 Å². The maximum absolute atomic E-state index is 11.9. The lowest BCUT2D eigenvalue weighted by atomic mass is 10.2. The number of ether oxygens (including phenoxy) is 1. The molecule has 7 heteroatoms. The second-order valence-electron chi connectivity index (χ2n) is 2.68. The van der Waals surface area contributed by atoms with E-state index in [0.717, 1.165) is 12.1 Å². The largest absolute Gasteiger partial charge is 0.435 e. The molecule has 0 atom stereocenters. The van der Waals surface area contributed by atoms with Gasteiger partial charge in [0.2, 0.25) is 0 Å². The standard InChI is InChI=1S/C8H6ClF2NO3/c1-4-6(9)2-5(15-8(10)11)3-7(4)12(13)14/h2-3,8H,1H3. The first kappa shape index (κ1) is 11.6. The van der Waals surface area contributed by atoms with Crippen LogP contribution >= 0.6 is 11.6 Å². The van der Waals surface area contributed by atoms with Gasteiger partial charge >= 0.3 is 6.61 Å². The van der Waals surface area contributed by atoms with E-state index in [2.05, 4.69) is 4.74 Å². The number of alkyl halides is 2. The Labute approximate surface area is 88.6 Å². The van der Waals surface area contributed by atoms with Gasteiger partial charge < -0.3 is 4.74 Å². The summed E-state index contributed by atoms with van der Waals surface area (Å²) < 4.78 is 27.7. The predicted molar refractivity (Wildman–Crippen MR) is 49.5 cm³/mol. The molecule has 82 valence electrons. The van der Waals surface area contributed by atoms with Crippen molar-refractivity contribution in [2.45, 2.75) is 13.5 Å². The van der Waals surface area contributed by atoms with Crippen LogP contribution in [0, 0.1) is 17.0 Å². The first-order valence-electron chi connectivity index (χ1n) is 3.81. The highest BCUT2D eigenvalue weighted by Crippen LogP contribution is 2.31. The minimum absolute atomic E-state index is 0.0138. The van der Waals surface area contributed by atoms with Crippen molar-refractivity contribution in [2.75, 3.05) is 0 Å². The lowest BCUT2D eigenvalue weighted by Crippen LogP contribution is -2.03. The zero-order chi connectivity index (χ0) is 11.6. The molecule has 0 fully saturated rings. The highest BCUT2D eigenvalue weighted by Gasteiger charge is 2.17. The van der Waals surface area contributed by atoms with Crippen LogP contribution in [0.15, 0.2) is 12.1 Å². The highest BCUT2D eigenvalue weighted by atomic mass is 35.5. The van der Waals surface area contributed by atoms with Gasteiger partial charge in [0.1, 0.15) is 5.75 Å². The van der Waals surface area contributed by atoms with Crippen molar-refractivity contribution >= 4 is 17.3 Å². The van der Waals surface area contributed by atoms with Crippen molar-refractivity contribution in [3.8, 4) is 5.75 Å². The Morgan fingerprint density at radius 1 is 1.53 bits per heavy atom. The molecule has 0 bridgehead atoms. The van der Waals surface area contributed by atoms with Crippen molar-refractivity contribution < 1.29 is 18.4 Å². The summed E-state index contributed by atoms with van der Waals surface area (Å²) >= 11 is 5.62. The van der Waals surface area contributed by atoms with E-state index in [1.54, 1.807) is 0 Å². The van der Waals surface area contributed by atoms with Crippen molar-refractivity contribution in [2.24, 2.45) is 0 Å². The zero-order valence-corrected chi connectivity index (χ0v) is 8.29. The number of rotatable bonds is 3. The van der Waals surface area contributed by atoms with Crippen LogP contribution in [0.5, 0.6) is 5.75 Å². The summed E-state index contributed by atoms with van der Waals surface area (Å²) in [5, 5.41) is 10.5. The first-order chi connectivity index (χ1) is 6.91. The lowest BCUT2D eigenvalue weighted by molar-refractivity contribution is -0.385. The molecule has 1 rings (SSSR count). The first-order valence-corrected chi connectivity index (χ1v) is 4.19. The third-order valence-corrected chi connectivity index (χ3v) is 2.10. The molecule has 0 spiro atoms. The summed E-state index contributed by atoms with van der Waals surface area (Å²) in [5.74, 6) is -0.327. The van der Waals surface area contributed by atoms with Gasteiger partial charge in [-0.15, -0.1) is 0 Å². The van der Waals surface area contributed by atoms with Crippen LogP contribution in [-0.2, 0) is 0 Å². The zero-order valence-electron chi connectivity index (χ0n) is 7.54. The van der Waals surface area contributed by atoms with Gasteiger partial charge in [-0.2, -0.15) is 8.78 Å². The molecule has 0 aliphatic heterocycles. The van der Waals surface area contributed by atoms with Crippen molar-refractivity contribution in [1.29, 1.82) is 0 Å². The summed E-state index contributed by atoms with van der Waals surface area (Å²) in [6.07, 6.45) is 0. The number of benzene rings is 1. The Morgan fingerprint density at radius 3 is 2.60 bits per heavy atom. The normalized spacial score (nSPS) is 10.5. The van der Waals surface area contributed by atoms with Gasteiger partial charge in [-0.1, -0.05) is 11.6 Å².